The maximum Gasteiger partial charge on any atom is 0.293 e. The third-order valence-corrected chi connectivity index (χ3v) is 6.69. The number of carbonyl (C=O) groups is 2. The molecule has 1 aromatic heterocycles. The van der Waals surface area contributed by atoms with Gasteiger partial charge in [0.25, 0.3) is 5.91 Å². The number of amides is 2. The zero-order valence-electron chi connectivity index (χ0n) is 18.2. The van der Waals surface area contributed by atoms with Gasteiger partial charge in [-0.2, -0.15) is 0 Å². The summed E-state index contributed by atoms with van der Waals surface area (Å²) in [5.74, 6) is 0.532. The molecule has 7 nitrogen and oxygen atoms in total. The molecule has 2 aliphatic heterocycles. The van der Waals surface area contributed by atoms with Crippen LogP contribution < -0.4 is 14.7 Å². The van der Waals surface area contributed by atoms with E-state index in [-0.39, 0.29) is 30.3 Å². The van der Waals surface area contributed by atoms with Crippen molar-refractivity contribution in [2.24, 2.45) is 0 Å². The molecule has 2 amide bonds. The van der Waals surface area contributed by atoms with Crippen molar-refractivity contribution in [1.29, 1.82) is 0 Å². The average Bonchev–Trinajstić information content (AvgIpc) is 3.37. The molecule has 0 unspecified atom stereocenters. The lowest BCUT2D eigenvalue weighted by atomic mass is 9.96. The van der Waals surface area contributed by atoms with Crippen LogP contribution in [0.1, 0.15) is 29.3 Å². The van der Waals surface area contributed by atoms with Gasteiger partial charge in [0, 0.05) is 17.2 Å². The monoisotopic (exact) mass is 432 g/mol. The highest BCUT2D eigenvalue weighted by molar-refractivity contribution is 6.21. The Morgan fingerprint density at radius 1 is 0.938 bits per heavy atom. The average molecular weight is 433 g/mol. The molecule has 2 saturated heterocycles. The number of imide groups is 1. The van der Waals surface area contributed by atoms with Crippen molar-refractivity contribution in [1.82, 2.24) is 5.16 Å². The maximum absolute atomic E-state index is 13.1. The van der Waals surface area contributed by atoms with Crippen LogP contribution in [-0.2, 0) is 9.59 Å². The van der Waals surface area contributed by atoms with E-state index in [9.17, 15) is 9.59 Å². The minimum atomic E-state index is -0.340. The lowest BCUT2D eigenvalue weighted by molar-refractivity contribution is -1.03. The molecule has 1 atom stereocenters. The zero-order valence-corrected chi connectivity index (χ0v) is 18.2. The van der Waals surface area contributed by atoms with Gasteiger partial charge in [0.1, 0.15) is 38.0 Å². The maximum atomic E-state index is 13.1. The van der Waals surface area contributed by atoms with Crippen molar-refractivity contribution in [2.75, 3.05) is 31.1 Å². The Hall–Kier alpha value is -3.29. The molecule has 2 aromatic carbocycles. The van der Waals surface area contributed by atoms with Crippen LogP contribution in [-0.4, -0.2) is 49.2 Å². The number of benzene rings is 2. The van der Waals surface area contributed by atoms with Gasteiger partial charge < -0.3 is 14.3 Å². The van der Waals surface area contributed by atoms with E-state index in [0.717, 1.165) is 26.2 Å². The van der Waals surface area contributed by atoms with Crippen molar-refractivity contribution >= 4 is 17.6 Å². The number of anilines is 1. The summed E-state index contributed by atoms with van der Waals surface area (Å²) >= 11 is 0. The molecule has 32 heavy (non-hydrogen) atoms. The van der Waals surface area contributed by atoms with Crippen LogP contribution in [0.5, 0.6) is 0 Å². The first kappa shape index (κ1) is 20.6. The van der Waals surface area contributed by atoms with Gasteiger partial charge in [0.15, 0.2) is 11.9 Å². The highest BCUT2D eigenvalue weighted by Gasteiger charge is 2.48. The molecular formula is C25H28N4O3+2. The fraction of sp³-hybridized carbons (Fsp3) is 0.320. The van der Waals surface area contributed by atoms with Gasteiger partial charge in [-0.15, -0.1) is 0 Å². The van der Waals surface area contributed by atoms with Crippen LogP contribution in [0.15, 0.2) is 71.3 Å². The van der Waals surface area contributed by atoms with Gasteiger partial charge in [0.2, 0.25) is 5.91 Å². The Morgan fingerprint density at radius 2 is 1.53 bits per heavy atom. The van der Waals surface area contributed by atoms with Crippen molar-refractivity contribution < 1.29 is 23.9 Å². The molecule has 3 aromatic rings. The zero-order chi connectivity index (χ0) is 22.1. The summed E-state index contributed by atoms with van der Waals surface area (Å²) in [5, 5.41) is 3.88. The summed E-state index contributed by atoms with van der Waals surface area (Å²) in [6.07, 6.45) is 0.232. The summed E-state index contributed by atoms with van der Waals surface area (Å²) in [4.78, 5) is 29.6. The molecule has 164 valence electrons. The summed E-state index contributed by atoms with van der Waals surface area (Å²) in [7, 11) is 0. The third kappa shape index (κ3) is 3.85. The second-order valence-electron chi connectivity index (χ2n) is 8.69. The standard InChI is InChI=1S/C25H26N4O3/c1-18-16-22(26-32-18)29-23(30)17-21(25(29)31)27-12-14-28(15-13-27)24(19-8-4-2-5-9-19)20-10-6-3-7-11-20/h2-11,16,21,24H,12-15,17H2,1H3/p+2/t21-/m0/s1. The number of piperazine rings is 1. The Morgan fingerprint density at radius 3 is 2.06 bits per heavy atom. The number of aromatic nitrogens is 1. The van der Waals surface area contributed by atoms with Crippen molar-refractivity contribution in [3.63, 3.8) is 0 Å². The van der Waals surface area contributed by atoms with Crippen molar-refractivity contribution in [3.05, 3.63) is 83.6 Å². The predicted molar refractivity (Wildman–Crippen MR) is 118 cm³/mol. The van der Waals surface area contributed by atoms with E-state index in [1.807, 2.05) is 12.1 Å². The van der Waals surface area contributed by atoms with Gasteiger partial charge in [-0.05, 0) is 6.92 Å². The van der Waals surface area contributed by atoms with E-state index in [2.05, 4.69) is 53.7 Å². The minimum absolute atomic E-state index is 0.163. The molecule has 0 aliphatic carbocycles. The van der Waals surface area contributed by atoms with Gasteiger partial charge in [-0.1, -0.05) is 65.8 Å². The Bertz CT molecular complexity index is 1050. The van der Waals surface area contributed by atoms with E-state index >= 15 is 0 Å². The fourth-order valence-electron chi connectivity index (χ4n) is 5.13. The Labute approximate surface area is 187 Å². The number of quaternary nitrogens is 2. The molecule has 2 fully saturated rings. The second-order valence-corrected chi connectivity index (χ2v) is 8.69. The smallest absolute Gasteiger partial charge is 0.293 e. The highest BCUT2D eigenvalue weighted by Crippen LogP contribution is 2.22. The van der Waals surface area contributed by atoms with E-state index < -0.39 is 0 Å². The topological polar surface area (TPSA) is 72.3 Å². The van der Waals surface area contributed by atoms with Crippen LogP contribution in [0.3, 0.4) is 0 Å². The van der Waals surface area contributed by atoms with Crippen LogP contribution >= 0.6 is 0 Å². The fourth-order valence-corrected chi connectivity index (χ4v) is 5.13. The molecule has 0 spiro atoms. The Balaban J connectivity index is 1.31. The SMILES string of the molecule is Cc1cc(N2C(=O)C[C@H]([NH+]3CC[NH+](C(c4ccccc4)c4ccccc4)CC3)C2=O)no1. The van der Waals surface area contributed by atoms with E-state index in [4.69, 9.17) is 4.52 Å². The number of rotatable bonds is 5. The van der Waals surface area contributed by atoms with Crippen LogP contribution in [0.2, 0.25) is 0 Å². The first-order valence-corrected chi connectivity index (χ1v) is 11.2. The molecule has 3 heterocycles. The second kappa shape index (κ2) is 8.68. The van der Waals surface area contributed by atoms with Gasteiger partial charge >= 0.3 is 0 Å². The third-order valence-electron chi connectivity index (χ3n) is 6.69. The Kier molecular flexibility index (Phi) is 5.59. The molecule has 2 N–H and O–H groups in total. The number of nitrogens with zero attached hydrogens (tertiary/aromatic N) is 2. The van der Waals surface area contributed by atoms with Crippen molar-refractivity contribution in [3.8, 4) is 0 Å². The minimum Gasteiger partial charge on any atom is -0.360 e. The summed E-state index contributed by atoms with van der Waals surface area (Å²) in [6, 6.07) is 22.8. The number of aryl methyl sites for hydroxylation is 1. The first-order chi connectivity index (χ1) is 15.6. The first-order valence-electron chi connectivity index (χ1n) is 11.2. The van der Waals surface area contributed by atoms with Gasteiger partial charge in [-0.3, -0.25) is 9.59 Å². The summed E-state index contributed by atoms with van der Waals surface area (Å²) in [5.41, 5.74) is 2.61. The quantitative estimate of drug-likeness (QED) is 0.565. The van der Waals surface area contributed by atoms with E-state index in [0.29, 0.717) is 11.6 Å². The molecular weight excluding hydrogens is 404 g/mol. The predicted octanol–water partition coefficient (Wildman–Crippen LogP) is 0.188. The summed E-state index contributed by atoms with van der Waals surface area (Å²) < 4.78 is 5.07. The van der Waals surface area contributed by atoms with Crippen LogP contribution in [0.4, 0.5) is 5.82 Å². The van der Waals surface area contributed by atoms with E-state index in [1.54, 1.807) is 13.0 Å². The molecule has 2 aliphatic rings. The van der Waals surface area contributed by atoms with Crippen LogP contribution in [0.25, 0.3) is 0 Å². The van der Waals surface area contributed by atoms with Gasteiger partial charge in [-0.25, -0.2) is 4.90 Å². The molecule has 5 rings (SSSR count). The molecule has 0 saturated carbocycles. The lowest BCUT2D eigenvalue weighted by Crippen LogP contribution is -3.30. The largest absolute Gasteiger partial charge is 0.360 e. The lowest BCUT2D eigenvalue weighted by Gasteiger charge is -2.36. The molecule has 7 heteroatoms. The molecule has 0 radical (unpaired) electrons. The molecule has 0 bridgehead atoms. The number of hydrogen-bond donors (Lipinski definition) is 2. The van der Waals surface area contributed by atoms with E-state index in [1.165, 1.54) is 25.8 Å². The normalized spacial score (nSPS) is 23.8. The number of nitrogens with one attached hydrogen (secondary N) is 2. The van der Waals surface area contributed by atoms with Crippen molar-refractivity contribution in [2.45, 2.75) is 25.4 Å². The number of hydrogen-bond acceptors (Lipinski definition) is 4. The van der Waals surface area contributed by atoms with Crippen LogP contribution in [0, 0.1) is 6.92 Å². The highest BCUT2D eigenvalue weighted by atomic mass is 16.5. The summed E-state index contributed by atoms with van der Waals surface area (Å²) in [6.45, 7) is 5.32. The van der Waals surface area contributed by atoms with Gasteiger partial charge in [0.05, 0.1) is 6.42 Å². The number of carbonyl (C=O) groups excluding carboxylic acids is 2.